The molecule has 6 heteroatoms. The minimum absolute atomic E-state index is 0.331. The lowest BCUT2D eigenvalue weighted by Crippen LogP contribution is -2.30. The molecule has 1 aromatic carbocycles. The van der Waals surface area contributed by atoms with Crippen molar-refractivity contribution in [1.82, 2.24) is 5.32 Å². The highest BCUT2D eigenvalue weighted by molar-refractivity contribution is 7.80. The van der Waals surface area contributed by atoms with Gasteiger partial charge < -0.3 is 15.4 Å². The highest BCUT2D eigenvalue weighted by atomic mass is 32.1. The third-order valence-electron chi connectivity index (χ3n) is 3.43. The SMILES string of the molecule is CCOC(=O)c1cc(-c2ccccc2)sc1NC(=S)NC1CC1. The summed E-state index contributed by atoms with van der Waals surface area (Å²) in [6, 6.07) is 12.3. The largest absolute Gasteiger partial charge is 0.462 e. The first-order chi connectivity index (χ1) is 11.2. The number of rotatable bonds is 5. The second kappa shape index (κ2) is 7.10. The van der Waals surface area contributed by atoms with E-state index in [0.29, 0.717) is 23.3 Å². The van der Waals surface area contributed by atoms with Gasteiger partial charge in [-0.3, -0.25) is 0 Å². The molecule has 120 valence electrons. The first-order valence-corrected chi connectivity index (χ1v) is 8.83. The van der Waals surface area contributed by atoms with Crippen LogP contribution in [-0.4, -0.2) is 23.7 Å². The average molecular weight is 346 g/mol. The van der Waals surface area contributed by atoms with Gasteiger partial charge in [-0.25, -0.2) is 4.79 Å². The van der Waals surface area contributed by atoms with Gasteiger partial charge in [-0.15, -0.1) is 11.3 Å². The van der Waals surface area contributed by atoms with Gasteiger partial charge in [0.25, 0.3) is 0 Å². The van der Waals surface area contributed by atoms with Crippen LogP contribution >= 0.6 is 23.6 Å². The molecule has 1 saturated carbocycles. The molecule has 2 N–H and O–H groups in total. The molecule has 1 aromatic heterocycles. The number of benzene rings is 1. The van der Waals surface area contributed by atoms with Crippen LogP contribution in [0.2, 0.25) is 0 Å². The van der Waals surface area contributed by atoms with Crippen LogP contribution in [0.3, 0.4) is 0 Å². The van der Waals surface area contributed by atoms with E-state index in [1.54, 1.807) is 6.92 Å². The zero-order valence-corrected chi connectivity index (χ0v) is 14.4. The summed E-state index contributed by atoms with van der Waals surface area (Å²) in [5.74, 6) is -0.331. The molecule has 0 spiro atoms. The molecule has 0 unspecified atom stereocenters. The monoisotopic (exact) mass is 346 g/mol. The molecule has 1 aliphatic rings. The van der Waals surface area contributed by atoms with Gasteiger partial charge in [0.1, 0.15) is 5.00 Å². The van der Waals surface area contributed by atoms with E-state index in [-0.39, 0.29) is 5.97 Å². The van der Waals surface area contributed by atoms with Gasteiger partial charge in [0, 0.05) is 10.9 Å². The zero-order valence-electron chi connectivity index (χ0n) is 12.8. The maximum absolute atomic E-state index is 12.2. The van der Waals surface area contributed by atoms with E-state index in [4.69, 9.17) is 17.0 Å². The van der Waals surface area contributed by atoms with Crippen molar-refractivity contribution in [2.75, 3.05) is 11.9 Å². The predicted molar refractivity (Wildman–Crippen MR) is 98.1 cm³/mol. The molecule has 1 heterocycles. The molecule has 0 atom stereocenters. The van der Waals surface area contributed by atoms with Gasteiger partial charge >= 0.3 is 5.97 Å². The van der Waals surface area contributed by atoms with Crippen LogP contribution in [0.4, 0.5) is 5.00 Å². The van der Waals surface area contributed by atoms with Gasteiger partial charge in [-0.05, 0) is 43.6 Å². The molecule has 0 bridgehead atoms. The summed E-state index contributed by atoms with van der Waals surface area (Å²) >= 11 is 6.82. The van der Waals surface area contributed by atoms with Gasteiger partial charge in [-0.2, -0.15) is 0 Å². The van der Waals surface area contributed by atoms with Crippen molar-refractivity contribution < 1.29 is 9.53 Å². The maximum atomic E-state index is 12.2. The number of hydrogen-bond acceptors (Lipinski definition) is 4. The zero-order chi connectivity index (χ0) is 16.2. The van der Waals surface area contributed by atoms with Gasteiger partial charge in [-0.1, -0.05) is 30.3 Å². The first kappa shape index (κ1) is 16.0. The highest BCUT2D eigenvalue weighted by Crippen LogP contribution is 2.36. The van der Waals surface area contributed by atoms with E-state index in [9.17, 15) is 4.79 Å². The lowest BCUT2D eigenvalue weighted by atomic mass is 10.1. The summed E-state index contributed by atoms with van der Waals surface area (Å²) in [5, 5.41) is 7.65. The van der Waals surface area contributed by atoms with Crippen LogP contribution in [0, 0.1) is 0 Å². The van der Waals surface area contributed by atoms with Crippen LogP contribution < -0.4 is 10.6 Å². The summed E-state index contributed by atoms with van der Waals surface area (Å²) in [4.78, 5) is 13.2. The third-order valence-corrected chi connectivity index (χ3v) is 4.74. The molecule has 0 radical (unpaired) electrons. The van der Waals surface area contributed by atoms with Crippen molar-refractivity contribution in [2.24, 2.45) is 0 Å². The predicted octanol–water partition coefficient (Wildman–Crippen LogP) is 4.04. The summed E-state index contributed by atoms with van der Waals surface area (Å²) in [6.07, 6.45) is 2.29. The van der Waals surface area contributed by atoms with Crippen LogP contribution in [0.15, 0.2) is 36.4 Å². The highest BCUT2D eigenvalue weighted by Gasteiger charge is 2.23. The molecule has 3 rings (SSSR count). The number of anilines is 1. The molecule has 23 heavy (non-hydrogen) atoms. The lowest BCUT2D eigenvalue weighted by Gasteiger charge is -2.09. The number of ether oxygens (including phenoxy) is 1. The Morgan fingerprint density at radius 2 is 2.09 bits per heavy atom. The Morgan fingerprint density at radius 3 is 2.74 bits per heavy atom. The van der Waals surface area contributed by atoms with Crippen molar-refractivity contribution in [3.63, 3.8) is 0 Å². The minimum Gasteiger partial charge on any atom is -0.462 e. The number of thiophene rings is 1. The Bertz CT molecular complexity index is 709. The molecular weight excluding hydrogens is 328 g/mol. The van der Waals surface area contributed by atoms with E-state index in [0.717, 1.165) is 28.3 Å². The summed E-state index contributed by atoms with van der Waals surface area (Å²) in [5.41, 5.74) is 1.59. The molecule has 4 nitrogen and oxygen atoms in total. The van der Waals surface area contributed by atoms with E-state index in [1.165, 1.54) is 11.3 Å². The fourth-order valence-corrected chi connectivity index (χ4v) is 3.53. The summed E-state index contributed by atoms with van der Waals surface area (Å²) in [6.45, 7) is 2.15. The van der Waals surface area contributed by atoms with E-state index in [1.807, 2.05) is 36.4 Å². The minimum atomic E-state index is -0.331. The number of carbonyl (C=O) groups excluding carboxylic acids is 1. The maximum Gasteiger partial charge on any atom is 0.341 e. The van der Waals surface area contributed by atoms with Gasteiger partial charge in [0.2, 0.25) is 0 Å². The van der Waals surface area contributed by atoms with Gasteiger partial charge in [0.15, 0.2) is 5.11 Å². The lowest BCUT2D eigenvalue weighted by molar-refractivity contribution is 0.0528. The third kappa shape index (κ3) is 4.09. The molecule has 0 amide bonds. The molecule has 0 saturated heterocycles. The van der Waals surface area contributed by atoms with Crippen LogP contribution in [0.5, 0.6) is 0 Å². The quantitative estimate of drug-likeness (QED) is 0.632. The Kier molecular flexibility index (Phi) is 4.93. The standard InChI is InChI=1S/C17H18N2O2S2/c1-2-21-16(20)13-10-14(11-6-4-3-5-7-11)23-15(13)19-17(22)18-12-8-9-12/h3-7,10,12H,2,8-9H2,1H3,(H2,18,19,22). The summed E-state index contributed by atoms with van der Waals surface area (Å²) < 4.78 is 5.16. The van der Waals surface area contributed by atoms with E-state index < -0.39 is 0 Å². The molecule has 1 aliphatic carbocycles. The topological polar surface area (TPSA) is 50.4 Å². The molecular formula is C17H18N2O2S2. The van der Waals surface area contributed by atoms with Gasteiger partial charge in [0.05, 0.1) is 12.2 Å². The van der Waals surface area contributed by atoms with Crippen molar-refractivity contribution >= 4 is 39.6 Å². The Morgan fingerprint density at radius 1 is 1.35 bits per heavy atom. The normalized spacial score (nSPS) is 13.4. The first-order valence-electron chi connectivity index (χ1n) is 7.61. The Hall–Kier alpha value is -1.92. The molecule has 0 aliphatic heterocycles. The van der Waals surface area contributed by atoms with E-state index in [2.05, 4.69) is 10.6 Å². The molecule has 2 aromatic rings. The van der Waals surface area contributed by atoms with Crippen LogP contribution in [0.25, 0.3) is 10.4 Å². The smallest absolute Gasteiger partial charge is 0.341 e. The van der Waals surface area contributed by atoms with E-state index >= 15 is 0 Å². The number of carbonyl (C=O) groups is 1. The second-order valence-electron chi connectivity index (χ2n) is 5.31. The van der Waals surface area contributed by atoms with Crippen molar-refractivity contribution in [1.29, 1.82) is 0 Å². The number of thiocarbonyl (C=S) groups is 1. The average Bonchev–Trinajstić information content (AvgIpc) is 3.25. The summed E-state index contributed by atoms with van der Waals surface area (Å²) in [7, 11) is 0. The second-order valence-corrected chi connectivity index (χ2v) is 6.77. The Labute approximate surface area is 144 Å². The number of hydrogen-bond donors (Lipinski definition) is 2. The van der Waals surface area contributed by atoms with Crippen molar-refractivity contribution in [3.8, 4) is 10.4 Å². The van der Waals surface area contributed by atoms with Crippen LogP contribution in [0.1, 0.15) is 30.1 Å². The molecule has 1 fully saturated rings. The van der Waals surface area contributed by atoms with Crippen LogP contribution in [-0.2, 0) is 4.74 Å². The fourth-order valence-electron chi connectivity index (χ4n) is 2.14. The number of nitrogens with one attached hydrogen (secondary N) is 2. The fraction of sp³-hybridized carbons (Fsp3) is 0.294. The number of esters is 1. The van der Waals surface area contributed by atoms with Crippen molar-refractivity contribution in [2.45, 2.75) is 25.8 Å². The van der Waals surface area contributed by atoms with Crippen molar-refractivity contribution in [3.05, 3.63) is 42.0 Å². The Balaban J connectivity index is 1.86.